The number of pyridine rings is 2. The summed E-state index contributed by atoms with van der Waals surface area (Å²) >= 11 is 0. The van der Waals surface area contributed by atoms with E-state index in [2.05, 4.69) is 11.8 Å². The maximum Gasteiger partial charge on any atom is 0.340 e. The van der Waals surface area contributed by atoms with Crippen molar-refractivity contribution < 1.29 is 19.0 Å². The Morgan fingerprint density at radius 1 is 1.05 bits per heavy atom. The second kappa shape index (κ2) is 12.9. The van der Waals surface area contributed by atoms with Gasteiger partial charge < -0.3 is 19.1 Å². The van der Waals surface area contributed by atoms with Crippen molar-refractivity contribution in [2.45, 2.75) is 118 Å². The highest BCUT2D eigenvalue weighted by Gasteiger charge is 2.40. The van der Waals surface area contributed by atoms with E-state index in [1.165, 1.54) is 25.7 Å². The van der Waals surface area contributed by atoms with Gasteiger partial charge in [0.05, 0.1) is 35.9 Å². The van der Waals surface area contributed by atoms with Gasteiger partial charge in [0.2, 0.25) is 0 Å². The van der Waals surface area contributed by atoms with Crippen LogP contribution in [0.25, 0.3) is 11.3 Å². The summed E-state index contributed by atoms with van der Waals surface area (Å²) in [5.74, 6) is 0.375. The highest BCUT2D eigenvalue weighted by atomic mass is 16.6. The van der Waals surface area contributed by atoms with Crippen LogP contribution in [0.2, 0.25) is 0 Å². The normalized spacial score (nSPS) is 17.9. The van der Waals surface area contributed by atoms with E-state index in [0.717, 1.165) is 72.7 Å². The molecule has 1 aliphatic heterocycles. The Bertz CT molecular complexity index is 1120. The van der Waals surface area contributed by atoms with Gasteiger partial charge >= 0.3 is 5.97 Å². The summed E-state index contributed by atoms with van der Waals surface area (Å²) in [5.41, 5.74) is 4.16. The van der Waals surface area contributed by atoms with Gasteiger partial charge in [0.15, 0.2) is 6.10 Å². The zero-order valence-electron chi connectivity index (χ0n) is 25.7. The van der Waals surface area contributed by atoms with Crippen LogP contribution in [0.3, 0.4) is 0 Å². The van der Waals surface area contributed by atoms with E-state index in [4.69, 9.17) is 24.2 Å². The number of ether oxygens (including phenoxy) is 3. The Balaban J connectivity index is 1.80. The predicted octanol–water partition coefficient (Wildman–Crippen LogP) is 7.60. The lowest BCUT2D eigenvalue weighted by Crippen LogP contribution is -2.40. The molecule has 1 saturated heterocycles. The number of piperidine rings is 1. The van der Waals surface area contributed by atoms with Gasteiger partial charge in [0, 0.05) is 36.1 Å². The Hall–Kier alpha value is -2.67. The number of aromatic nitrogens is 2. The summed E-state index contributed by atoms with van der Waals surface area (Å²) in [6, 6.07) is 3.97. The van der Waals surface area contributed by atoms with Gasteiger partial charge in [-0.3, -0.25) is 9.97 Å². The second-order valence-corrected chi connectivity index (χ2v) is 12.9. The number of hydrogen-bond acceptors (Lipinski definition) is 7. The van der Waals surface area contributed by atoms with Gasteiger partial charge in [0.25, 0.3) is 0 Å². The van der Waals surface area contributed by atoms with Crippen LogP contribution >= 0.6 is 0 Å². The van der Waals surface area contributed by atoms with E-state index in [0.29, 0.717) is 12.0 Å². The van der Waals surface area contributed by atoms with Crippen molar-refractivity contribution in [2.75, 3.05) is 24.6 Å². The van der Waals surface area contributed by atoms with Crippen molar-refractivity contribution in [1.29, 1.82) is 0 Å². The number of aryl methyl sites for hydroxylation is 1. The molecular weight excluding hydrogens is 502 g/mol. The first-order chi connectivity index (χ1) is 19.0. The first-order valence-corrected chi connectivity index (χ1v) is 15.2. The minimum Gasteiger partial charge on any atom is -0.492 e. The van der Waals surface area contributed by atoms with Gasteiger partial charge in [-0.2, -0.15) is 0 Å². The van der Waals surface area contributed by atoms with Gasteiger partial charge in [-0.05, 0) is 91.2 Å². The summed E-state index contributed by atoms with van der Waals surface area (Å²) in [6.07, 6.45) is 12.3. The van der Waals surface area contributed by atoms with E-state index < -0.39 is 11.7 Å². The maximum atomic E-state index is 13.6. The summed E-state index contributed by atoms with van der Waals surface area (Å²) in [4.78, 5) is 25.7. The Morgan fingerprint density at radius 3 is 2.33 bits per heavy atom. The standard InChI is InChI=1S/C33H49N3O4/c1-8-9-20-38-25-12-13-27(35-21-25)26-22-34-24(4)28(30(40-32(5,6)7)31(37)39-23(2)3)29(26)36-18-16-33(17-19-36)14-10-11-15-33/h12-13,21-23,30H,8-11,14-20H2,1-7H3/t30-/m0/s1. The molecule has 2 aromatic rings. The fourth-order valence-electron chi connectivity index (χ4n) is 6.11. The molecule has 3 heterocycles. The summed E-state index contributed by atoms with van der Waals surface area (Å²) in [7, 11) is 0. The summed E-state index contributed by atoms with van der Waals surface area (Å²) < 4.78 is 18.1. The van der Waals surface area contributed by atoms with Crippen LogP contribution in [0, 0.1) is 12.3 Å². The zero-order valence-corrected chi connectivity index (χ0v) is 25.7. The molecule has 2 aliphatic rings. The average molecular weight is 552 g/mol. The second-order valence-electron chi connectivity index (χ2n) is 12.9. The van der Waals surface area contributed by atoms with Crippen LogP contribution in [0.5, 0.6) is 5.75 Å². The minimum atomic E-state index is -0.899. The maximum absolute atomic E-state index is 13.6. The van der Waals surface area contributed by atoms with Crippen LogP contribution in [0.1, 0.15) is 110 Å². The molecule has 0 aromatic carbocycles. The fraction of sp³-hybridized carbons (Fsp3) is 0.667. The van der Waals surface area contributed by atoms with Gasteiger partial charge in [0.1, 0.15) is 5.75 Å². The SMILES string of the molecule is CCCCOc1ccc(-c2cnc(C)c([C@H](OC(C)(C)C)C(=O)OC(C)C)c2N2CCC3(CCCC3)CC2)nc1. The molecule has 1 saturated carbocycles. The minimum absolute atomic E-state index is 0.252. The van der Waals surface area contributed by atoms with Crippen LogP contribution in [-0.4, -0.2) is 47.3 Å². The van der Waals surface area contributed by atoms with Crippen molar-refractivity contribution in [3.05, 3.63) is 35.8 Å². The molecule has 4 rings (SSSR count). The molecule has 0 amide bonds. The third kappa shape index (κ3) is 7.34. The summed E-state index contributed by atoms with van der Waals surface area (Å²) in [5, 5.41) is 0. The Kier molecular flexibility index (Phi) is 9.76. The van der Waals surface area contributed by atoms with Crippen LogP contribution in [-0.2, 0) is 14.3 Å². The van der Waals surface area contributed by atoms with Crippen molar-refractivity contribution in [2.24, 2.45) is 5.41 Å². The molecule has 1 aliphatic carbocycles. The molecule has 2 aromatic heterocycles. The number of carbonyl (C=O) groups excluding carboxylic acids is 1. The van der Waals surface area contributed by atoms with Gasteiger partial charge in [-0.1, -0.05) is 26.2 Å². The molecule has 220 valence electrons. The Labute approximate surface area is 241 Å². The smallest absolute Gasteiger partial charge is 0.340 e. The van der Waals surface area contributed by atoms with E-state index >= 15 is 0 Å². The molecule has 40 heavy (non-hydrogen) atoms. The van der Waals surface area contributed by atoms with Crippen molar-refractivity contribution in [1.82, 2.24) is 9.97 Å². The lowest BCUT2D eigenvalue weighted by atomic mass is 9.76. The largest absolute Gasteiger partial charge is 0.492 e. The third-order valence-corrected chi connectivity index (χ3v) is 8.17. The first kappa shape index (κ1) is 30.3. The van der Waals surface area contributed by atoms with Gasteiger partial charge in [-0.25, -0.2) is 4.79 Å². The van der Waals surface area contributed by atoms with Gasteiger partial charge in [-0.15, -0.1) is 0 Å². The highest BCUT2D eigenvalue weighted by molar-refractivity contribution is 5.86. The Morgan fingerprint density at radius 2 is 1.75 bits per heavy atom. The van der Waals surface area contributed by atoms with Crippen molar-refractivity contribution in [3.63, 3.8) is 0 Å². The summed E-state index contributed by atoms with van der Waals surface area (Å²) in [6.45, 7) is 16.3. The molecule has 0 radical (unpaired) electrons. The fourth-order valence-corrected chi connectivity index (χ4v) is 6.11. The zero-order chi connectivity index (χ0) is 28.9. The molecule has 1 spiro atoms. The number of nitrogens with zero attached hydrogens (tertiary/aromatic N) is 3. The lowest BCUT2D eigenvalue weighted by Gasteiger charge is -2.42. The number of carbonyl (C=O) groups is 1. The molecule has 0 bridgehead atoms. The molecule has 0 N–H and O–H groups in total. The molecule has 1 atom stereocenters. The molecule has 2 fully saturated rings. The number of rotatable bonds is 10. The van der Waals surface area contributed by atoms with Crippen LogP contribution < -0.4 is 9.64 Å². The van der Waals surface area contributed by atoms with Crippen LogP contribution in [0.4, 0.5) is 5.69 Å². The number of hydrogen-bond donors (Lipinski definition) is 0. The van der Waals surface area contributed by atoms with E-state index in [1.807, 2.05) is 59.9 Å². The van der Waals surface area contributed by atoms with E-state index in [9.17, 15) is 4.79 Å². The molecule has 7 nitrogen and oxygen atoms in total. The number of unbranched alkanes of at least 4 members (excludes halogenated alkanes) is 1. The molecule has 0 unspecified atom stereocenters. The van der Waals surface area contributed by atoms with Crippen molar-refractivity contribution >= 4 is 11.7 Å². The quantitative estimate of drug-likeness (QED) is 0.222. The highest BCUT2D eigenvalue weighted by Crippen LogP contribution is 2.49. The lowest BCUT2D eigenvalue weighted by molar-refractivity contribution is -0.171. The first-order valence-electron chi connectivity index (χ1n) is 15.2. The van der Waals surface area contributed by atoms with E-state index in [1.54, 1.807) is 6.20 Å². The predicted molar refractivity (Wildman–Crippen MR) is 160 cm³/mol. The average Bonchev–Trinajstić information content (AvgIpc) is 3.35. The van der Waals surface area contributed by atoms with E-state index in [-0.39, 0.29) is 12.1 Å². The van der Waals surface area contributed by atoms with Crippen LogP contribution in [0.15, 0.2) is 24.5 Å². The van der Waals surface area contributed by atoms with Crippen molar-refractivity contribution in [3.8, 4) is 17.0 Å². The number of esters is 1. The molecular formula is C33H49N3O4. The topological polar surface area (TPSA) is 73.8 Å². The molecule has 7 heteroatoms. The monoisotopic (exact) mass is 551 g/mol. The third-order valence-electron chi connectivity index (χ3n) is 8.17. The number of anilines is 1.